The Morgan fingerprint density at radius 3 is 2.59 bits per heavy atom. The van der Waals surface area contributed by atoms with Gasteiger partial charge in [0.25, 0.3) is 5.91 Å². The summed E-state index contributed by atoms with van der Waals surface area (Å²) in [6.07, 6.45) is 6.19. The Bertz CT molecular complexity index is 1120. The van der Waals surface area contributed by atoms with Gasteiger partial charge in [-0.15, -0.1) is 10.2 Å². The van der Waals surface area contributed by atoms with E-state index in [0.717, 1.165) is 50.3 Å². The molecule has 1 aliphatic carbocycles. The van der Waals surface area contributed by atoms with Crippen molar-refractivity contribution in [1.82, 2.24) is 30.5 Å². The number of aryl methyl sites for hydroxylation is 2. The maximum atomic E-state index is 13.2. The molecule has 0 unspecified atom stereocenters. The van der Waals surface area contributed by atoms with Crippen LogP contribution >= 0.6 is 0 Å². The molecular formula is C23H26FN7O. The molecule has 166 valence electrons. The molecule has 1 saturated heterocycles. The summed E-state index contributed by atoms with van der Waals surface area (Å²) in [5, 5.41) is 20.1. The van der Waals surface area contributed by atoms with Crippen LogP contribution in [0, 0.1) is 12.7 Å². The first-order chi connectivity index (χ1) is 15.6. The van der Waals surface area contributed by atoms with E-state index in [0.29, 0.717) is 11.4 Å². The van der Waals surface area contributed by atoms with Gasteiger partial charge in [0.05, 0.1) is 17.1 Å². The fourth-order valence-electron chi connectivity index (χ4n) is 4.51. The topological polar surface area (TPSA) is 88.8 Å². The molecule has 0 atom stereocenters. The largest absolute Gasteiger partial charge is 0.355 e. The van der Waals surface area contributed by atoms with Gasteiger partial charge < -0.3 is 10.2 Å². The fourth-order valence-corrected chi connectivity index (χ4v) is 4.51. The standard InChI is InChI=1S/C23H26FN7O/c1-15-22(28-29-31(15)19-8-6-17(24)7-9-19)23(32)25-18-10-12-30(13-11-18)21-14-16-4-2-3-5-20(16)26-27-21/h6-9,14,18H,2-5,10-13H2,1H3,(H,25,32). The predicted octanol–water partition coefficient (Wildman–Crippen LogP) is 2.78. The van der Waals surface area contributed by atoms with E-state index >= 15 is 0 Å². The van der Waals surface area contributed by atoms with Crippen molar-refractivity contribution in [2.45, 2.75) is 51.5 Å². The minimum absolute atomic E-state index is 0.0692. The predicted molar refractivity (Wildman–Crippen MR) is 117 cm³/mol. The molecule has 1 aliphatic heterocycles. The van der Waals surface area contributed by atoms with Crippen molar-refractivity contribution in [3.8, 4) is 5.69 Å². The van der Waals surface area contributed by atoms with Crippen LogP contribution < -0.4 is 10.2 Å². The molecule has 2 aromatic heterocycles. The van der Waals surface area contributed by atoms with E-state index < -0.39 is 0 Å². The van der Waals surface area contributed by atoms with Crippen molar-refractivity contribution in [3.05, 3.63) is 58.8 Å². The molecule has 2 aliphatic rings. The smallest absolute Gasteiger partial charge is 0.273 e. The molecule has 3 aromatic rings. The van der Waals surface area contributed by atoms with Crippen molar-refractivity contribution in [2.24, 2.45) is 0 Å². The zero-order valence-electron chi connectivity index (χ0n) is 18.1. The number of carbonyl (C=O) groups excluding carboxylic acids is 1. The Labute approximate surface area is 185 Å². The first-order valence-corrected chi connectivity index (χ1v) is 11.2. The monoisotopic (exact) mass is 435 g/mol. The summed E-state index contributed by atoms with van der Waals surface area (Å²) in [5.41, 5.74) is 4.05. The molecule has 0 saturated carbocycles. The molecule has 1 amide bonds. The van der Waals surface area contributed by atoms with Crippen LogP contribution in [0.1, 0.15) is 53.1 Å². The number of nitrogens with one attached hydrogen (secondary N) is 1. The summed E-state index contributed by atoms with van der Waals surface area (Å²) < 4.78 is 14.7. The third kappa shape index (κ3) is 4.06. The molecule has 9 heteroatoms. The number of hydrogen-bond donors (Lipinski definition) is 1. The van der Waals surface area contributed by atoms with Crippen LogP contribution in [-0.4, -0.2) is 50.2 Å². The summed E-state index contributed by atoms with van der Waals surface area (Å²) in [4.78, 5) is 15.1. The number of piperidine rings is 1. The van der Waals surface area contributed by atoms with E-state index in [1.54, 1.807) is 23.7 Å². The number of carbonyl (C=O) groups is 1. The second-order valence-corrected chi connectivity index (χ2v) is 8.53. The van der Waals surface area contributed by atoms with Gasteiger partial charge in [0.15, 0.2) is 11.5 Å². The van der Waals surface area contributed by atoms with Crippen molar-refractivity contribution in [3.63, 3.8) is 0 Å². The lowest BCUT2D eigenvalue weighted by molar-refractivity contribution is 0.0925. The molecule has 8 nitrogen and oxygen atoms in total. The third-order valence-electron chi connectivity index (χ3n) is 6.39. The zero-order valence-corrected chi connectivity index (χ0v) is 18.1. The number of fused-ring (bicyclic) bond motifs is 1. The minimum atomic E-state index is -0.322. The van der Waals surface area contributed by atoms with Gasteiger partial charge in [0.1, 0.15) is 5.82 Å². The number of rotatable bonds is 4. The fraction of sp³-hybridized carbons (Fsp3) is 0.435. The summed E-state index contributed by atoms with van der Waals surface area (Å²) in [6.45, 7) is 3.43. The highest BCUT2D eigenvalue weighted by Gasteiger charge is 2.25. The number of nitrogens with zero attached hydrogens (tertiary/aromatic N) is 6. The van der Waals surface area contributed by atoms with Crippen LogP contribution in [-0.2, 0) is 12.8 Å². The summed E-state index contributed by atoms with van der Waals surface area (Å²) in [7, 11) is 0. The maximum absolute atomic E-state index is 13.2. The third-order valence-corrected chi connectivity index (χ3v) is 6.39. The average molecular weight is 436 g/mol. The van der Waals surface area contributed by atoms with Crippen molar-refractivity contribution in [1.29, 1.82) is 0 Å². The van der Waals surface area contributed by atoms with E-state index in [1.807, 2.05) is 0 Å². The van der Waals surface area contributed by atoms with Gasteiger partial charge in [0.2, 0.25) is 0 Å². The molecule has 1 N–H and O–H groups in total. The highest BCUT2D eigenvalue weighted by molar-refractivity contribution is 5.93. The number of aromatic nitrogens is 5. The second kappa shape index (κ2) is 8.64. The Morgan fingerprint density at radius 2 is 1.81 bits per heavy atom. The Balaban J connectivity index is 1.20. The normalized spacial score (nSPS) is 16.6. The molecule has 0 bridgehead atoms. The number of hydrogen-bond acceptors (Lipinski definition) is 6. The van der Waals surface area contributed by atoms with Crippen molar-refractivity contribution < 1.29 is 9.18 Å². The molecular weight excluding hydrogens is 409 g/mol. The van der Waals surface area contributed by atoms with E-state index in [2.05, 4.69) is 36.8 Å². The molecule has 1 aromatic carbocycles. The van der Waals surface area contributed by atoms with Crippen molar-refractivity contribution >= 4 is 11.7 Å². The summed E-state index contributed by atoms with van der Waals surface area (Å²) in [5.74, 6) is 0.383. The first kappa shape index (κ1) is 20.5. The molecule has 0 spiro atoms. The highest BCUT2D eigenvalue weighted by atomic mass is 19.1. The van der Waals surface area contributed by atoms with Crippen LogP contribution in [0.2, 0.25) is 0 Å². The zero-order chi connectivity index (χ0) is 22.1. The minimum Gasteiger partial charge on any atom is -0.355 e. The number of anilines is 1. The second-order valence-electron chi connectivity index (χ2n) is 8.53. The Hall–Kier alpha value is -3.36. The number of amides is 1. The van der Waals surface area contributed by atoms with E-state index in [-0.39, 0.29) is 23.5 Å². The van der Waals surface area contributed by atoms with Gasteiger partial charge in [-0.1, -0.05) is 5.21 Å². The highest BCUT2D eigenvalue weighted by Crippen LogP contribution is 2.24. The summed E-state index contributed by atoms with van der Waals surface area (Å²) in [6, 6.07) is 8.20. The van der Waals surface area contributed by atoms with Crippen LogP contribution in [0.3, 0.4) is 0 Å². The molecule has 3 heterocycles. The maximum Gasteiger partial charge on any atom is 0.273 e. The SMILES string of the molecule is Cc1c(C(=O)NC2CCN(c3cc4c(nn3)CCCC4)CC2)nnn1-c1ccc(F)cc1. The molecule has 0 radical (unpaired) electrons. The number of halogens is 1. The van der Waals surface area contributed by atoms with Gasteiger partial charge in [-0.3, -0.25) is 4.79 Å². The Kier molecular flexibility index (Phi) is 5.55. The van der Waals surface area contributed by atoms with Gasteiger partial charge in [-0.05, 0) is 81.3 Å². The van der Waals surface area contributed by atoms with Gasteiger partial charge >= 0.3 is 0 Å². The van der Waals surface area contributed by atoms with Crippen LogP contribution in [0.15, 0.2) is 30.3 Å². The van der Waals surface area contributed by atoms with Gasteiger partial charge in [-0.2, -0.15) is 5.10 Å². The van der Waals surface area contributed by atoms with E-state index in [9.17, 15) is 9.18 Å². The van der Waals surface area contributed by atoms with Crippen LogP contribution in [0.25, 0.3) is 5.69 Å². The molecule has 1 fully saturated rings. The van der Waals surface area contributed by atoms with Crippen LogP contribution in [0.4, 0.5) is 10.2 Å². The van der Waals surface area contributed by atoms with Gasteiger partial charge in [0, 0.05) is 19.1 Å². The lowest BCUT2D eigenvalue weighted by Crippen LogP contribution is -2.45. The van der Waals surface area contributed by atoms with Crippen molar-refractivity contribution in [2.75, 3.05) is 18.0 Å². The lowest BCUT2D eigenvalue weighted by atomic mass is 9.96. The average Bonchev–Trinajstić information content (AvgIpc) is 3.21. The summed E-state index contributed by atoms with van der Waals surface area (Å²) >= 11 is 0. The first-order valence-electron chi connectivity index (χ1n) is 11.2. The Morgan fingerprint density at radius 1 is 1.06 bits per heavy atom. The quantitative estimate of drug-likeness (QED) is 0.678. The van der Waals surface area contributed by atoms with Gasteiger partial charge in [-0.25, -0.2) is 9.07 Å². The lowest BCUT2D eigenvalue weighted by Gasteiger charge is -2.33. The molecule has 32 heavy (non-hydrogen) atoms. The molecule has 5 rings (SSSR count). The van der Waals surface area contributed by atoms with E-state index in [4.69, 9.17) is 0 Å². The number of benzene rings is 1. The van der Waals surface area contributed by atoms with Crippen LogP contribution in [0.5, 0.6) is 0 Å². The van der Waals surface area contributed by atoms with E-state index in [1.165, 1.54) is 30.5 Å².